The van der Waals surface area contributed by atoms with Crippen molar-refractivity contribution in [1.29, 1.82) is 0 Å². The first-order valence-corrected chi connectivity index (χ1v) is 28.8. The van der Waals surface area contributed by atoms with E-state index < -0.39 is 6.10 Å². The van der Waals surface area contributed by atoms with Crippen LogP contribution < -0.4 is 0 Å². The zero-order valence-corrected chi connectivity index (χ0v) is 44.2. The SMILES string of the molecule is CCCCC/C=C\C/C=C\C/C=C\CCCCCCCCC(=O)OCC(COCCCCCCCCCCCCCC)OC(=O)CCCCCCCCCCC/C=C\C/C=C\CCCCC. The lowest BCUT2D eigenvalue weighted by Crippen LogP contribution is -2.30. The fourth-order valence-corrected chi connectivity index (χ4v) is 8.20. The number of esters is 2. The third-order valence-corrected chi connectivity index (χ3v) is 12.5. The van der Waals surface area contributed by atoms with Crippen LogP contribution in [0.5, 0.6) is 0 Å². The van der Waals surface area contributed by atoms with Crippen LogP contribution in [0.3, 0.4) is 0 Å². The lowest BCUT2D eigenvalue weighted by Gasteiger charge is -2.18. The van der Waals surface area contributed by atoms with Crippen molar-refractivity contribution in [2.45, 2.75) is 297 Å². The van der Waals surface area contributed by atoms with E-state index in [2.05, 4.69) is 81.5 Å². The Morgan fingerprint density at radius 2 is 0.636 bits per heavy atom. The van der Waals surface area contributed by atoms with Crippen LogP contribution in [0.1, 0.15) is 290 Å². The summed E-state index contributed by atoms with van der Waals surface area (Å²) in [7, 11) is 0. The van der Waals surface area contributed by atoms with E-state index >= 15 is 0 Å². The normalized spacial score (nSPS) is 12.6. The minimum Gasteiger partial charge on any atom is -0.462 e. The molecule has 0 rings (SSSR count). The Bertz CT molecular complexity index is 1130. The molecule has 0 saturated carbocycles. The molecular weight excluding hydrogens is 813 g/mol. The van der Waals surface area contributed by atoms with E-state index in [9.17, 15) is 9.59 Å². The first kappa shape index (κ1) is 63.6. The van der Waals surface area contributed by atoms with Gasteiger partial charge in [0, 0.05) is 19.4 Å². The molecule has 0 radical (unpaired) electrons. The Kier molecular flexibility index (Phi) is 54.9. The van der Waals surface area contributed by atoms with Crippen LogP contribution >= 0.6 is 0 Å². The van der Waals surface area contributed by atoms with Gasteiger partial charge >= 0.3 is 11.9 Å². The van der Waals surface area contributed by atoms with Gasteiger partial charge in [-0.05, 0) is 89.9 Å². The second-order valence-electron chi connectivity index (χ2n) is 19.2. The first-order chi connectivity index (χ1) is 32.6. The van der Waals surface area contributed by atoms with Crippen LogP contribution in [0.4, 0.5) is 0 Å². The van der Waals surface area contributed by atoms with Crippen LogP contribution in [-0.2, 0) is 23.8 Å². The molecule has 0 heterocycles. The summed E-state index contributed by atoms with van der Waals surface area (Å²) in [6.07, 6.45) is 72.3. The molecule has 1 atom stereocenters. The molecule has 0 saturated heterocycles. The van der Waals surface area contributed by atoms with Gasteiger partial charge in [-0.2, -0.15) is 0 Å². The average molecular weight is 924 g/mol. The number of hydrogen-bond donors (Lipinski definition) is 0. The molecule has 0 aromatic heterocycles. The van der Waals surface area contributed by atoms with E-state index in [1.54, 1.807) is 0 Å². The van der Waals surface area contributed by atoms with E-state index in [0.717, 1.165) is 70.6 Å². The van der Waals surface area contributed by atoms with Crippen LogP contribution in [0, 0.1) is 0 Å². The van der Waals surface area contributed by atoms with Gasteiger partial charge in [0.2, 0.25) is 0 Å². The van der Waals surface area contributed by atoms with Crippen molar-refractivity contribution in [3.63, 3.8) is 0 Å². The van der Waals surface area contributed by atoms with Gasteiger partial charge in [0.15, 0.2) is 6.10 Å². The molecule has 0 spiro atoms. The van der Waals surface area contributed by atoms with Crippen LogP contribution in [0.15, 0.2) is 60.8 Å². The van der Waals surface area contributed by atoms with Crippen molar-refractivity contribution in [3.05, 3.63) is 60.8 Å². The van der Waals surface area contributed by atoms with Gasteiger partial charge in [-0.1, -0.05) is 248 Å². The van der Waals surface area contributed by atoms with Crippen LogP contribution in [-0.4, -0.2) is 37.9 Å². The number of rotatable bonds is 53. The third kappa shape index (κ3) is 54.2. The summed E-state index contributed by atoms with van der Waals surface area (Å²) in [5, 5.41) is 0. The quantitative estimate of drug-likeness (QED) is 0.0346. The minimum atomic E-state index is -0.543. The smallest absolute Gasteiger partial charge is 0.306 e. The Morgan fingerprint density at radius 3 is 1.05 bits per heavy atom. The highest BCUT2D eigenvalue weighted by Crippen LogP contribution is 2.15. The molecule has 0 fully saturated rings. The Balaban J connectivity index is 4.25. The maximum absolute atomic E-state index is 12.9. The van der Waals surface area contributed by atoms with E-state index in [1.165, 1.54) is 186 Å². The highest BCUT2D eigenvalue weighted by molar-refractivity contribution is 5.70. The summed E-state index contributed by atoms with van der Waals surface area (Å²) < 4.78 is 17.5. The average Bonchev–Trinajstić information content (AvgIpc) is 3.32. The number of hydrogen-bond acceptors (Lipinski definition) is 5. The molecule has 0 aromatic rings. The van der Waals surface area contributed by atoms with Crippen LogP contribution in [0.25, 0.3) is 0 Å². The Labute approximate surface area is 411 Å². The number of carbonyl (C=O) groups is 2. The molecule has 0 aliphatic carbocycles. The second kappa shape index (κ2) is 56.9. The predicted molar refractivity (Wildman–Crippen MR) is 288 cm³/mol. The molecule has 0 bridgehead atoms. The summed E-state index contributed by atoms with van der Waals surface area (Å²) in [6.45, 7) is 7.80. The summed E-state index contributed by atoms with van der Waals surface area (Å²) >= 11 is 0. The molecule has 5 heteroatoms. The molecule has 0 aromatic carbocycles. The van der Waals surface area contributed by atoms with E-state index in [1.807, 2.05) is 0 Å². The maximum atomic E-state index is 12.9. The van der Waals surface area contributed by atoms with Gasteiger partial charge in [-0.15, -0.1) is 0 Å². The second-order valence-corrected chi connectivity index (χ2v) is 19.2. The van der Waals surface area contributed by atoms with Gasteiger partial charge < -0.3 is 14.2 Å². The topological polar surface area (TPSA) is 61.8 Å². The maximum Gasteiger partial charge on any atom is 0.306 e. The summed E-state index contributed by atoms with van der Waals surface area (Å²) in [6, 6.07) is 0. The monoisotopic (exact) mass is 923 g/mol. The van der Waals surface area contributed by atoms with Gasteiger partial charge in [0.25, 0.3) is 0 Å². The van der Waals surface area contributed by atoms with E-state index in [-0.39, 0.29) is 25.2 Å². The molecule has 0 amide bonds. The first-order valence-electron chi connectivity index (χ1n) is 28.8. The lowest BCUT2D eigenvalue weighted by molar-refractivity contribution is -0.163. The zero-order valence-electron chi connectivity index (χ0n) is 44.2. The summed E-state index contributed by atoms with van der Waals surface area (Å²) in [5.41, 5.74) is 0. The fraction of sp³-hybridized carbons (Fsp3) is 0.803. The molecule has 384 valence electrons. The Morgan fingerprint density at radius 1 is 0.333 bits per heavy atom. The van der Waals surface area contributed by atoms with Gasteiger partial charge in [0.05, 0.1) is 6.61 Å². The fourth-order valence-electron chi connectivity index (χ4n) is 8.20. The molecule has 0 aliphatic heterocycles. The zero-order chi connectivity index (χ0) is 47.7. The largest absolute Gasteiger partial charge is 0.462 e. The van der Waals surface area contributed by atoms with Crippen molar-refractivity contribution in [2.24, 2.45) is 0 Å². The molecular formula is C61H110O5. The van der Waals surface area contributed by atoms with Crippen molar-refractivity contribution >= 4 is 11.9 Å². The van der Waals surface area contributed by atoms with Crippen molar-refractivity contribution < 1.29 is 23.8 Å². The highest BCUT2D eigenvalue weighted by atomic mass is 16.6. The van der Waals surface area contributed by atoms with Crippen LogP contribution in [0.2, 0.25) is 0 Å². The van der Waals surface area contributed by atoms with Gasteiger partial charge in [-0.3, -0.25) is 9.59 Å². The molecule has 5 nitrogen and oxygen atoms in total. The highest BCUT2D eigenvalue weighted by Gasteiger charge is 2.17. The molecule has 0 aliphatic rings. The van der Waals surface area contributed by atoms with Gasteiger partial charge in [-0.25, -0.2) is 0 Å². The van der Waals surface area contributed by atoms with E-state index in [0.29, 0.717) is 19.4 Å². The lowest BCUT2D eigenvalue weighted by atomic mass is 10.1. The number of allylic oxidation sites excluding steroid dienone is 10. The van der Waals surface area contributed by atoms with Crippen molar-refractivity contribution in [1.82, 2.24) is 0 Å². The minimum absolute atomic E-state index is 0.0787. The molecule has 0 N–H and O–H groups in total. The molecule has 66 heavy (non-hydrogen) atoms. The van der Waals surface area contributed by atoms with E-state index in [4.69, 9.17) is 14.2 Å². The summed E-state index contributed by atoms with van der Waals surface area (Å²) in [4.78, 5) is 25.5. The standard InChI is InChI=1S/C61H110O5/c1-4-7-10-13-16-19-22-25-27-29-31-33-35-37-39-42-45-48-51-54-60(62)65-58-59(57-64-56-53-50-47-44-41-24-21-18-15-12-9-6-3)66-61(63)55-52-49-46-43-40-38-36-34-32-30-28-26-23-20-17-14-11-8-5-2/h16-17,19-20,25-28,31,33,59H,4-15,18,21-24,29-30,32,34-58H2,1-3H3/b19-16-,20-17-,27-25-,28-26-,33-31-. The summed E-state index contributed by atoms with van der Waals surface area (Å²) in [5.74, 6) is -0.404. The van der Waals surface area contributed by atoms with Gasteiger partial charge in [0.1, 0.15) is 6.61 Å². The third-order valence-electron chi connectivity index (χ3n) is 12.5. The van der Waals surface area contributed by atoms with Crippen molar-refractivity contribution in [3.8, 4) is 0 Å². The predicted octanol–water partition coefficient (Wildman–Crippen LogP) is 19.7. The number of carbonyl (C=O) groups excluding carboxylic acids is 2. The number of ether oxygens (including phenoxy) is 3. The Hall–Kier alpha value is -2.40. The van der Waals surface area contributed by atoms with Crippen molar-refractivity contribution in [2.75, 3.05) is 19.8 Å². The molecule has 1 unspecified atom stereocenters. The number of unbranched alkanes of at least 4 members (excludes halogenated alkanes) is 32.